The summed E-state index contributed by atoms with van der Waals surface area (Å²) in [5.41, 5.74) is 6.07. The second-order valence-corrected chi connectivity index (χ2v) is 6.81. The lowest BCUT2D eigenvalue weighted by molar-refractivity contribution is -0.119. The summed E-state index contributed by atoms with van der Waals surface area (Å²) < 4.78 is 5.05. The van der Waals surface area contributed by atoms with E-state index < -0.39 is 24.4 Å². The first kappa shape index (κ1) is 20.0. The minimum absolute atomic E-state index is 0.0584. The number of nitrogens with two attached hydrogens (primary N) is 1. The first-order valence-corrected chi connectivity index (χ1v) is 9.38. The van der Waals surface area contributed by atoms with E-state index in [1.165, 1.54) is 18.2 Å². The second kappa shape index (κ2) is 8.94. The molecule has 2 amide bonds. The number of thiophene rings is 1. The number of esters is 1. The van der Waals surface area contributed by atoms with E-state index >= 15 is 0 Å². The highest BCUT2D eigenvalue weighted by Gasteiger charge is 2.20. The molecule has 8 heteroatoms. The number of benzene rings is 2. The Kier molecular flexibility index (Phi) is 6.16. The summed E-state index contributed by atoms with van der Waals surface area (Å²) >= 11 is 1.12. The average molecular weight is 408 g/mol. The second-order valence-electron chi connectivity index (χ2n) is 5.89. The third-order valence-corrected chi connectivity index (χ3v) is 4.78. The molecule has 0 bridgehead atoms. The number of primary amides is 1. The Hall–Kier alpha value is -3.78. The Bertz CT molecular complexity index is 1080. The molecule has 1 heterocycles. The number of hydrogen-bond acceptors (Lipinski definition) is 6. The lowest BCUT2D eigenvalue weighted by atomic mass is 9.98. The molecule has 2 aromatic carbocycles. The van der Waals surface area contributed by atoms with Gasteiger partial charge in [0.05, 0.1) is 11.1 Å². The molecule has 0 aliphatic rings. The fraction of sp³-hybridized carbons (Fsp3) is 0.0476. The molecule has 3 rings (SSSR count). The zero-order chi connectivity index (χ0) is 20.8. The third kappa shape index (κ3) is 4.74. The van der Waals surface area contributed by atoms with Crippen molar-refractivity contribution in [1.82, 2.24) is 0 Å². The number of carbonyl (C=O) groups is 4. The van der Waals surface area contributed by atoms with Crippen LogP contribution < -0.4 is 11.1 Å². The van der Waals surface area contributed by atoms with Gasteiger partial charge >= 0.3 is 5.97 Å². The molecule has 0 radical (unpaired) electrons. The zero-order valence-corrected chi connectivity index (χ0v) is 15.9. The highest BCUT2D eigenvalue weighted by atomic mass is 32.1. The van der Waals surface area contributed by atoms with E-state index in [-0.39, 0.29) is 27.5 Å². The van der Waals surface area contributed by atoms with Crippen molar-refractivity contribution in [3.05, 3.63) is 88.3 Å². The molecule has 0 unspecified atom stereocenters. The van der Waals surface area contributed by atoms with Gasteiger partial charge in [0.1, 0.15) is 5.00 Å². The van der Waals surface area contributed by atoms with Crippen molar-refractivity contribution in [1.29, 1.82) is 0 Å². The molecule has 0 saturated carbocycles. The monoisotopic (exact) mass is 408 g/mol. The van der Waals surface area contributed by atoms with E-state index in [1.54, 1.807) is 47.8 Å². The van der Waals surface area contributed by atoms with Crippen LogP contribution in [-0.4, -0.2) is 30.2 Å². The Labute approximate surface area is 170 Å². The summed E-state index contributed by atoms with van der Waals surface area (Å²) in [5, 5.41) is 4.36. The fourth-order valence-corrected chi connectivity index (χ4v) is 3.38. The van der Waals surface area contributed by atoms with Crippen LogP contribution in [0.2, 0.25) is 0 Å². The van der Waals surface area contributed by atoms with Gasteiger partial charge in [-0.1, -0.05) is 48.5 Å². The van der Waals surface area contributed by atoms with Gasteiger partial charge in [0.25, 0.3) is 11.8 Å². The number of ether oxygens (including phenoxy) is 1. The largest absolute Gasteiger partial charge is 0.452 e. The zero-order valence-electron chi connectivity index (χ0n) is 15.1. The minimum Gasteiger partial charge on any atom is -0.452 e. The predicted molar refractivity (Wildman–Crippen MR) is 108 cm³/mol. The van der Waals surface area contributed by atoms with Gasteiger partial charge in [-0.15, -0.1) is 11.3 Å². The van der Waals surface area contributed by atoms with E-state index in [9.17, 15) is 19.2 Å². The summed E-state index contributed by atoms with van der Waals surface area (Å²) in [6, 6.07) is 16.2. The number of amides is 2. The van der Waals surface area contributed by atoms with Gasteiger partial charge in [0, 0.05) is 11.1 Å². The highest BCUT2D eigenvalue weighted by Crippen LogP contribution is 2.22. The molecular formula is C21H16N2O5S. The smallest absolute Gasteiger partial charge is 0.339 e. The van der Waals surface area contributed by atoms with Crippen molar-refractivity contribution in [2.45, 2.75) is 0 Å². The van der Waals surface area contributed by atoms with Crippen molar-refractivity contribution in [2.75, 3.05) is 11.9 Å². The molecule has 0 fully saturated rings. The standard InChI is InChI=1S/C21H16N2O5S/c22-19(26)16-10-11-29-20(16)23-17(24)12-28-21(27)15-9-5-4-8-14(15)18(25)13-6-2-1-3-7-13/h1-11H,12H2,(H2,22,26)(H,23,24). The third-order valence-electron chi connectivity index (χ3n) is 3.95. The van der Waals surface area contributed by atoms with Gasteiger partial charge in [-0.05, 0) is 17.5 Å². The van der Waals surface area contributed by atoms with Crippen LogP contribution in [0, 0.1) is 0 Å². The van der Waals surface area contributed by atoms with Gasteiger partial charge in [-0.3, -0.25) is 14.4 Å². The number of hydrogen-bond donors (Lipinski definition) is 2. The molecule has 146 valence electrons. The van der Waals surface area contributed by atoms with E-state index in [0.717, 1.165) is 11.3 Å². The van der Waals surface area contributed by atoms with E-state index in [1.807, 2.05) is 0 Å². The lowest BCUT2D eigenvalue weighted by Gasteiger charge is -2.09. The molecule has 0 saturated heterocycles. The van der Waals surface area contributed by atoms with Crippen LogP contribution >= 0.6 is 11.3 Å². The Morgan fingerprint density at radius 2 is 1.52 bits per heavy atom. The summed E-state index contributed by atoms with van der Waals surface area (Å²) in [4.78, 5) is 48.5. The van der Waals surface area contributed by atoms with Gasteiger partial charge in [0.15, 0.2) is 12.4 Å². The van der Waals surface area contributed by atoms with Crippen LogP contribution in [0.3, 0.4) is 0 Å². The van der Waals surface area contributed by atoms with E-state index in [4.69, 9.17) is 10.5 Å². The maximum absolute atomic E-state index is 12.7. The molecule has 29 heavy (non-hydrogen) atoms. The van der Waals surface area contributed by atoms with Gasteiger partial charge in [-0.25, -0.2) is 4.79 Å². The van der Waals surface area contributed by atoms with Crippen LogP contribution in [-0.2, 0) is 9.53 Å². The summed E-state index contributed by atoms with van der Waals surface area (Å²) in [5.74, 6) is -2.43. The first-order chi connectivity index (χ1) is 14.0. The molecule has 7 nitrogen and oxygen atoms in total. The number of ketones is 1. The highest BCUT2D eigenvalue weighted by molar-refractivity contribution is 7.14. The molecule has 3 aromatic rings. The van der Waals surface area contributed by atoms with Crippen LogP contribution in [0.4, 0.5) is 5.00 Å². The number of anilines is 1. The molecule has 1 aromatic heterocycles. The van der Waals surface area contributed by atoms with Gasteiger partial charge in [-0.2, -0.15) is 0 Å². The van der Waals surface area contributed by atoms with Gasteiger partial charge < -0.3 is 15.8 Å². The number of carbonyl (C=O) groups excluding carboxylic acids is 4. The fourth-order valence-electron chi connectivity index (χ4n) is 2.58. The molecule has 3 N–H and O–H groups in total. The maximum Gasteiger partial charge on any atom is 0.339 e. The Balaban J connectivity index is 1.68. The quantitative estimate of drug-likeness (QED) is 0.461. The SMILES string of the molecule is NC(=O)c1ccsc1NC(=O)COC(=O)c1ccccc1C(=O)c1ccccc1. The molecule has 0 atom stereocenters. The lowest BCUT2D eigenvalue weighted by Crippen LogP contribution is -2.23. The minimum atomic E-state index is -0.804. The van der Waals surface area contributed by atoms with E-state index in [0.29, 0.717) is 5.56 Å². The Morgan fingerprint density at radius 1 is 0.862 bits per heavy atom. The Morgan fingerprint density at radius 3 is 2.21 bits per heavy atom. The topological polar surface area (TPSA) is 116 Å². The van der Waals surface area contributed by atoms with E-state index in [2.05, 4.69) is 5.32 Å². The molecule has 0 aliphatic heterocycles. The van der Waals surface area contributed by atoms with Crippen molar-refractivity contribution >= 4 is 39.9 Å². The first-order valence-electron chi connectivity index (χ1n) is 8.50. The predicted octanol–water partition coefficient (Wildman–Crippen LogP) is 2.87. The molecular weight excluding hydrogens is 392 g/mol. The summed E-state index contributed by atoms with van der Waals surface area (Å²) in [6.07, 6.45) is 0. The van der Waals surface area contributed by atoms with Crippen LogP contribution in [0.1, 0.15) is 36.6 Å². The normalized spacial score (nSPS) is 10.2. The molecule has 0 aliphatic carbocycles. The molecule has 0 spiro atoms. The maximum atomic E-state index is 12.7. The van der Waals surface area contributed by atoms with Crippen LogP contribution in [0.5, 0.6) is 0 Å². The number of nitrogens with one attached hydrogen (secondary N) is 1. The number of rotatable bonds is 7. The summed E-state index contributed by atoms with van der Waals surface area (Å²) in [7, 11) is 0. The van der Waals surface area contributed by atoms with Gasteiger partial charge in [0.2, 0.25) is 0 Å². The van der Waals surface area contributed by atoms with Crippen LogP contribution in [0.25, 0.3) is 0 Å². The summed E-state index contributed by atoms with van der Waals surface area (Å²) in [6.45, 7) is -0.581. The average Bonchev–Trinajstić information content (AvgIpc) is 3.20. The van der Waals surface area contributed by atoms with Crippen molar-refractivity contribution in [3.8, 4) is 0 Å². The van der Waals surface area contributed by atoms with Crippen molar-refractivity contribution in [3.63, 3.8) is 0 Å². The van der Waals surface area contributed by atoms with Crippen molar-refractivity contribution in [2.24, 2.45) is 5.73 Å². The van der Waals surface area contributed by atoms with Crippen molar-refractivity contribution < 1.29 is 23.9 Å². The van der Waals surface area contributed by atoms with Crippen LogP contribution in [0.15, 0.2) is 66.0 Å².